The summed E-state index contributed by atoms with van der Waals surface area (Å²) in [4.78, 5) is 35.3. The first-order chi connectivity index (χ1) is 11.9. The largest absolute Gasteiger partial charge is 0.462 e. The number of esters is 2. The van der Waals surface area contributed by atoms with E-state index in [0.717, 1.165) is 0 Å². The fourth-order valence-electron chi connectivity index (χ4n) is 2.04. The molecule has 0 saturated heterocycles. The quantitative estimate of drug-likeness (QED) is 0.604. The summed E-state index contributed by atoms with van der Waals surface area (Å²) in [7, 11) is 0. The van der Waals surface area contributed by atoms with Crippen molar-refractivity contribution in [3.05, 3.63) is 58.1 Å². The van der Waals surface area contributed by atoms with Gasteiger partial charge in [-0.2, -0.15) is 0 Å². The van der Waals surface area contributed by atoms with Gasteiger partial charge in [-0.25, -0.2) is 4.79 Å². The van der Waals surface area contributed by atoms with Gasteiger partial charge in [0.15, 0.2) is 0 Å². The lowest BCUT2D eigenvalue weighted by atomic mass is 10.1. The van der Waals surface area contributed by atoms with Crippen LogP contribution in [0.4, 0.5) is 5.69 Å². The van der Waals surface area contributed by atoms with E-state index < -0.39 is 17.8 Å². The van der Waals surface area contributed by atoms with Crippen molar-refractivity contribution in [3.63, 3.8) is 0 Å². The van der Waals surface area contributed by atoms with Crippen molar-refractivity contribution in [3.8, 4) is 5.75 Å². The summed E-state index contributed by atoms with van der Waals surface area (Å²) in [6.45, 7) is 3.24. The average Bonchev–Trinajstić information content (AvgIpc) is 2.56. The van der Waals surface area contributed by atoms with Crippen molar-refractivity contribution in [1.82, 2.24) is 0 Å². The summed E-state index contributed by atoms with van der Waals surface area (Å²) in [5.41, 5.74) is 0.949. The summed E-state index contributed by atoms with van der Waals surface area (Å²) >= 11 is 3.29. The number of hydrogen-bond acceptors (Lipinski definition) is 5. The van der Waals surface area contributed by atoms with Gasteiger partial charge in [0.2, 0.25) is 0 Å². The maximum atomic E-state index is 12.4. The van der Waals surface area contributed by atoms with Crippen molar-refractivity contribution >= 4 is 39.5 Å². The molecule has 1 amide bonds. The Morgan fingerprint density at radius 3 is 2.36 bits per heavy atom. The first-order valence-corrected chi connectivity index (χ1v) is 8.26. The Labute approximate surface area is 153 Å². The van der Waals surface area contributed by atoms with Crippen LogP contribution in [0.15, 0.2) is 46.9 Å². The lowest BCUT2D eigenvalue weighted by Gasteiger charge is -2.11. The standard InChI is InChI=1S/C18H16BrNO5/c1-3-24-18(23)15-10-13(19)6-9-16(15)20-17(22)12-4-7-14(8-5-12)25-11(2)21/h4-10H,3H2,1-2H3,(H,20,22). The molecule has 2 aromatic rings. The number of ether oxygens (including phenoxy) is 2. The molecule has 1 N–H and O–H groups in total. The molecule has 0 radical (unpaired) electrons. The lowest BCUT2D eigenvalue weighted by molar-refractivity contribution is -0.131. The van der Waals surface area contributed by atoms with Crippen LogP contribution in [0.25, 0.3) is 0 Å². The zero-order valence-electron chi connectivity index (χ0n) is 13.7. The minimum atomic E-state index is -0.524. The normalized spacial score (nSPS) is 10.0. The number of amides is 1. The van der Waals surface area contributed by atoms with Gasteiger partial charge in [0.1, 0.15) is 5.75 Å². The summed E-state index contributed by atoms with van der Waals surface area (Å²) in [6.07, 6.45) is 0. The third-order valence-corrected chi connectivity index (χ3v) is 3.60. The minimum Gasteiger partial charge on any atom is -0.462 e. The Kier molecular flexibility index (Phi) is 6.30. The third-order valence-electron chi connectivity index (χ3n) is 3.10. The highest BCUT2D eigenvalue weighted by atomic mass is 79.9. The molecule has 6 nitrogen and oxygen atoms in total. The number of carbonyl (C=O) groups is 3. The third kappa shape index (κ3) is 5.15. The monoisotopic (exact) mass is 405 g/mol. The number of hydrogen-bond donors (Lipinski definition) is 1. The van der Waals surface area contributed by atoms with E-state index in [1.165, 1.54) is 31.2 Å². The molecule has 0 aliphatic heterocycles. The molecule has 7 heteroatoms. The Balaban J connectivity index is 2.20. The highest BCUT2D eigenvalue weighted by Crippen LogP contribution is 2.23. The van der Waals surface area contributed by atoms with E-state index in [4.69, 9.17) is 9.47 Å². The second kappa shape index (κ2) is 8.43. The molecule has 0 unspecified atom stereocenters. The molecule has 130 valence electrons. The number of halogens is 1. The Hall–Kier alpha value is -2.67. The molecular weight excluding hydrogens is 390 g/mol. The van der Waals surface area contributed by atoms with Gasteiger partial charge in [0, 0.05) is 17.0 Å². The molecule has 0 aromatic heterocycles. The Morgan fingerprint density at radius 2 is 1.76 bits per heavy atom. The number of nitrogens with one attached hydrogen (secondary N) is 1. The van der Waals surface area contributed by atoms with Crippen LogP contribution in [-0.4, -0.2) is 24.5 Å². The molecule has 0 atom stereocenters. The van der Waals surface area contributed by atoms with Crippen molar-refractivity contribution in [1.29, 1.82) is 0 Å². The SMILES string of the molecule is CCOC(=O)c1cc(Br)ccc1NC(=O)c1ccc(OC(C)=O)cc1. The summed E-state index contributed by atoms with van der Waals surface area (Å²) in [5.74, 6) is -1.02. The van der Waals surface area contributed by atoms with Crippen LogP contribution in [0.3, 0.4) is 0 Å². The fourth-order valence-corrected chi connectivity index (χ4v) is 2.40. The topological polar surface area (TPSA) is 81.7 Å². The second-order valence-corrected chi connectivity index (χ2v) is 5.90. The highest BCUT2D eigenvalue weighted by Gasteiger charge is 2.16. The molecule has 0 aliphatic rings. The predicted octanol–water partition coefficient (Wildman–Crippen LogP) is 3.80. The van der Waals surface area contributed by atoms with Crippen LogP contribution in [0.1, 0.15) is 34.6 Å². The molecule has 2 rings (SSSR count). The van der Waals surface area contributed by atoms with Gasteiger partial charge < -0.3 is 14.8 Å². The molecule has 0 heterocycles. The van der Waals surface area contributed by atoms with E-state index in [0.29, 0.717) is 21.5 Å². The number of benzene rings is 2. The average molecular weight is 406 g/mol. The molecule has 0 spiro atoms. The van der Waals surface area contributed by atoms with E-state index >= 15 is 0 Å². The second-order valence-electron chi connectivity index (χ2n) is 4.98. The summed E-state index contributed by atoms with van der Waals surface area (Å²) < 4.78 is 10.6. The minimum absolute atomic E-state index is 0.232. The molecule has 0 saturated carbocycles. The maximum Gasteiger partial charge on any atom is 0.340 e. The predicted molar refractivity (Wildman–Crippen MR) is 95.8 cm³/mol. The van der Waals surface area contributed by atoms with Crippen LogP contribution >= 0.6 is 15.9 Å². The smallest absolute Gasteiger partial charge is 0.340 e. The molecule has 0 aliphatic carbocycles. The molecule has 25 heavy (non-hydrogen) atoms. The van der Waals surface area contributed by atoms with Gasteiger partial charge in [-0.1, -0.05) is 15.9 Å². The summed E-state index contributed by atoms with van der Waals surface area (Å²) in [6, 6.07) is 11.0. The van der Waals surface area contributed by atoms with E-state index in [9.17, 15) is 14.4 Å². The van der Waals surface area contributed by atoms with E-state index in [1.807, 2.05) is 0 Å². The zero-order valence-corrected chi connectivity index (χ0v) is 15.3. The van der Waals surface area contributed by atoms with Crippen molar-refractivity contribution in [2.75, 3.05) is 11.9 Å². The van der Waals surface area contributed by atoms with Gasteiger partial charge in [0.25, 0.3) is 5.91 Å². The molecular formula is C18H16BrNO5. The molecule has 0 bridgehead atoms. The zero-order chi connectivity index (χ0) is 18.4. The lowest BCUT2D eigenvalue weighted by Crippen LogP contribution is -2.16. The van der Waals surface area contributed by atoms with Crippen LogP contribution < -0.4 is 10.1 Å². The highest BCUT2D eigenvalue weighted by molar-refractivity contribution is 9.10. The first kappa shape index (κ1) is 18.7. The number of anilines is 1. The van der Waals surface area contributed by atoms with Gasteiger partial charge in [-0.05, 0) is 49.4 Å². The van der Waals surface area contributed by atoms with Crippen LogP contribution in [0, 0.1) is 0 Å². The maximum absolute atomic E-state index is 12.4. The number of carbonyl (C=O) groups excluding carboxylic acids is 3. The Morgan fingerprint density at radius 1 is 1.08 bits per heavy atom. The van der Waals surface area contributed by atoms with Gasteiger partial charge in [-0.3, -0.25) is 9.59 Å². The van der Waals surface area contributed by atoms with Crippen LogP contribution in [-0.2, 0) is 9.53 Å². The fraction of sp³-hybridized carbons (Fsp3) is 0.167. The van der Waals surface area contributed by atoms with Gasteiger partial charge in [-0.15, -0.1) is 0 Å². The van der Waals surface area contributed by atoms with Gasteiger partial charge >= 0.3 is 11.9 Å². The molecule has 0 fully saturated rings. The van der Waals surface area contributed by atoms with E-state index in [-0.39, 0.29) is 12.2 Å². The van der Waals surface area contributed by atoms with E-state index in [2.05, 4.69) is 21.2 Å². The van der Waals surface area contributed by atoms with Gasteiger partial charge in [0.05, 0.1) is 17.9 Å². The van der Waals surface area contributed by atoms with Crippen LogP contribution in [0.5, 0.6) is 5.75 Å². The van der Waals surface area contributed by atoms with Crippen LogP contribution in [0.2, 0.25) is 0 Å². The van der Waals surface area contributed by atoms with Crippen molar-refractivity contribution < 1.29 is 23.9 Å². The Bertz CT molecular complexity index is 802. The summed E-state index contributed by atoms with van der Waals surface area (Å²) in [5, 5.41) is 2.69. The number of rotatable bonds is 5. The van der Waals surface area contributed by atoms with Crippen molar-refractivity contribution in [2.45, 2.75) is 13.8 Å². The van der Waals surface area contributed by atoms with E-state index in [1.54, 1.807) is 25.1 Å². The molecule has 2 aromatic carbocycles. The first-order valence-electron chi connectivity index (χ1n) is 7.47. The van der Waals surface area contributed by atoms with Crippen molar-refractivity contribution in [2.24, 2.45) is 0 Å².